The van der Waals surface area contributed by atoms with Crippen LogP contribution in [-0.4, -0.2) is 27.9 Å². The average molecular weight is 431 g/mol. The van der Waals surface area contributed by atoms with Crippen LogP contribution < -0.4 is 10.9 Å². The van der Waals surface area contributed by atoms with Gasteiger partial charge >= 0.3 is 12.1 Å². The van der Waals surface area contributed by atoms with Gasteiger partial charge in [0.15, 0.2) is 11.9 Å². The number of para-hydroxylation sites is 2. The molecule has 0 saturated carbocycles. The van der Waals surface area contributed by atoms with Gasteiger partial charge < -0.3 is 15.0 Å². The van der Waals surface area contributed by atoms with Crippen LogP contribution in [-0.2, 0) is 9.53 Å². The first-order valence-corrected chi connectivity index (χ1v) is 9.00. The van der Waals surface area contributed by atoms with Gasteiger partial charge in [-0.15, -0.1) is 0 Å². The van der Waals surface area contributed by atoms with Crippen molar-refractivity contribution >= 4 is 28.3 Å². The number of esters is 1. The third-order valence-corrected chi connectivity index (χ3v) is 4.20. The van der Waals surface area contributed by atoms with E-state index in [0.717, 1.165) is 6.20 Å². The summed E-state index contributed by atoms with van der Waals surface area (Å²) in [6.07, 6.45) is -4.81. The molecule has 1 atom stereocenters. The molecule has 2 N–H and O–H groups in total. The number of rotatable bonds is 6. The standard InChI is InChI=1S/C21H16F3N3O4/c1-12(18-26-16-9-5-2-6-13(16)19(29)27-18)31-20(30)14-7-3-4-8-15(14)25-11-10-17(28)21(22,23)24/h2-12,25H,1H3,(H,26,27,29)/b11-10+. The molecule has 0 bridgehead atoms. The zero-order chi connectivity index (χ0) is 22.6. The van der Waals surface area contributed by atoms with Crippen molar-refractivity contribution in [3.63, 3.8) is 0 Å². The van der Waals surface area contributed by atoms with Crippen molar-refractivity contribution in [3.8, 4) is 0 Å². The number of hydrogen-bond acceptors (Lipinski definition) is 6. The number of benzene rings is 2. The number of allylic oxidation sites excluding steroid dienone is 1. The number of anilines is 1. The number of aromatic amines is 1. The van der Waals surface area contributed by atoms with Crippen molar-refractivity contribution in [3.05, 3.63) is 82.5 Å². The zero-order valence-electron chi connectivity index (χ0n) is 16.1. The maximum atomic E-state index is 12.6. The maximum absolute atomic E-state index is 12.6. The van der Waals surface area contributed by atoms with Gasteiger partial charge in [-0.1, -0.05) is 24.3 Å². The molecule has 31 heavy (non-hydrogen) atoms. The van der Waals surface area contributed by atoms with Crippen LogP contribution in [0.5, 0.6) is 0 Å². The molecule has 0 aliphatic heterocycles. The molecule has 160 valence electrons. The number of halogens is 3. The maximum Gasteiger partial charge on any atom is 0.454 e. The Morgan fingerprint density at radius 1 is 1.13 bits per heavy atom. The fourth-order valence-corrected chi connectivity index (χ4v) is 2.67. The number of aromatic nitrogens is 2. The minimum Gasteiger partial charge on any atom is -0.451 e. The highest BCUT2D eigenvalue weighted by Crippen LogP contribution is 2.21. The summed E-state index contributed by atoms with van der Waals surface area (Å²) in [5, 5.41) is 2.86. The van der Waals surface area contributed by atoms with Crippen LogP contribution in [0.1, 0.15) is 29.2 Å². The summed E-state index contributed by atoms with van der Waals surface area (Å²) in [6.45, 7) is 1.52. The fraction of sp³-hybridized carbons (Fsp3) is 0.143. The van der Waals surface area contributed by atoms with Gasteiger partial charge in [-0.3, -0.25) is 9.59 Å². The van der Waals surface area contributed by atoms with E-state index in [1.807, 2.05) is 0 Å². The number of fused-ring (bicyclic) bond motifs is 1. The molecule has 0 spiro atoms. The van der Waals surface area contributed by atoms with Crippen LogP contribution in [0.4, 0.5) is 18.9 Å². The minimum atomic E-state index is -4.99. The molecule has 0 aliphatic carbocycles. The van der Waals surface area contributed by atoms with Gasteiger partial charge in [0.25, 0.3) is 11.3 Å². The van der Waals surface area contributed by atoms with E-state index in [2.05, 4.69) is 15.3 Å². The summed E-state index contributed by atoms with van der Waals surface area (Å²) in [5.41, 5.74) is 0.197. The molecule has 0 aliphatic rings. The van der Waals surface area contributed by atoms with Crippen molar-refractivity contribution < 1.29 is 27.5 Å². The zero-order valence-corrected chi connectivity index (χ0v) is 16.1. The van der Waals surface area contributed by atoms with Gasteiger partial charge in [0.1, 0.15) is 0 Å². The van der Waals surface area contributed by atoms with E-state index in [4.69, 9.17) is 4.74 Å². The van der Waals surface area contributed by atoms with Crippen molar-refractivity contribution in [1.82, 2.24) is 9.97 Å². The highest BCUT2D eigenvalue weighted by atomic mass is 19.4. The van der Waals surface area contributed by atoms with Crippen molar-refractivity contribution in [2.45, 2.75) is 19.2 Å². The quantitative estimate of drug-likeness (QED) is 0.454. The number of ether oxygens (including phenoxy) is 1. The van der Waals surface area contributed by atoms with E-state index in [-0.39, 0.29) is 22.6 Å². The Bertz CT molecular complexity index is 1220. The van der Waals surface area contributed by atoms with Crippen LogP contribution in [0.15, 0.2) is 65.6 Å². The fourth-order valence-electron chi connectivity index (χ4n) is 2.67. The lowest BCUT2D eigenvalue weighted by atomic mass is 10.1. The predicted molar refractivity (Wildman–Crippen MR) is 106 cm³/mol. The van der Waals surface area contributed by atoms with Gasteiger partial charge in [0, 0.05) is 12.3 Å². The van der Waals surface area contributed by atoms with E-state index in [0.29, 0.717) is 17.0 Å². The Morgan fingerprint density at radius 3 is 2.55 bits per heavy atom. The average Bonchev–Trinajstić information content (AvgIpc) is 2.73. The summed E-state index contributed by atoms with van der Waals surface area (Å²) < 4.78 is 42.2. The third-order valence-electron chi connectivity index (χ3n) is 4.20. The molecule has 7 nitrogen and oxygen atoms in total. The second-order valence-electron chi connectivity index (χ2n) is 6.40. The monoisotopic (exact) mass is 431 g/mol. The van der Waals surface area contributed by atoms with Gasteiger partial charge in [-0.25, -0.2) is 9.78 Å². The summed E-state index contributed by atoms with van der Waals surface area (Å²) in [4.78, 5) is 42.6. The lowest BCUT2D eigenvalue weighted by Crippen LogP contribution is -2.20. The Kier molecular flexibility index (Phi) is 6.19. The van der Waals surface area contributed by atoms with Crippen LogP contribution >= 0.6 is 0 Å². The molecule has 1 unspecified atom stereocenters. The Labute approximate surface area is 173 Å². The number of hydrogen-bond donors (Lipinski definition) is 2. The lowest BCUT2D eigenvalue weighted by molar-refractivity contribution is -0.165. The molecule has 0 fully saturated rings. The largest absolute Gasteiger partial charge is 0.454 e. The SMILES string of the molecule is CC(OC(=O)c1ccccc1N/C=C/C(=O)C(F)(F)F)c1nc2ccccc2c(=O)[nH]1. The first-order chi connectivity index (χ1) is 14.7. The molecule has 10 heteroatoms. The molecular weight excluding hydrogens is 415 g/mol. The number of alkyl halides is 3. The van der Waals surface area contributed by atoms with Crippen molar-refractivity contribution in [1.29, 1.82) is 0 Å². The molecule has 1 heterocycles. The van der Waals surface area contributed by atoms with Crippen LogP contribution in [0, 0.1) is 0 Å². The van der Waals surface area contributed by atoms with E-state index < -0.39 is 24.0 Å². The second-order valence-corrected chi connectivity index (χ2v) is 6.40. The number of carbonyl (C=O) groups is 2. The summed E-state index contributed by atoms with van der Waals surface area (Å²) in [5.74, 6) is -2.71. The molecule has 2 aromatic carbocycles. The molecule has 0 amide bonds. The highest BCUT2D eigenvalue weighted by Gasteiger charge is 2.36. The topological polar surface area (TPSA) is 101 Å². The first kappa shape index (κ1) is 21.8. The predicted octanol–water partition coefficient (Wildman–Crippen LogP) is 3.90. The minimum absolute atomic E-state index is 0.0154. The number of nitrogens with one attached hydrogen (secondary N) is 2. The highest BCUT2D eigenvalue weighted by molar-refractivity contribution is 5.97. The number of H-pyrrole nitrogens is 1. The molecule has 1 aromatic heterocycles. The van der Waals surface area contributed by atoms with Gasteiger partial charge in [0.05, 0.1) is 22.2 Å². The second kappa shape index (κ2) is 8.82. The van der Waals surface area contributed by atoms with E-state index in [1.54, 1.807) is 30.3 Å². The summed E-state index contributed by atoms with van der Waals surface area (Å²) >= 11 is 0. The van der Waals surface area contributed by atoms with Crippen molar-refractivity contribution in [2.75, 3.05) is 5.32 Å². The number of carbonyl (C=O) groups excluding carboxylic acids is 2. The summed E-state index contributed by atoms with van der Waals surface area (Å²) in [7, 11) is 0. The summed E-state index contributed by atoms with van der Waals surface area (Å²) in [6, 6.07) is 12.6. The molecule has 0 radical (unpaired) electrons. The smallest absolute Gasteiger partial charge is 0.451 e. The van der Waals surface area contributed by atoms with E-state index in [9.17, 15) is 27.6 Å². The molecule has 3 aromatic rings. The normalized spacial score (nSPS) is 12.6. The van der Waals surface area contributed by atoms with E-state index in [1.165, 1.54) is 25.1 Å². The Hall–Kier alpha value is -3.95. The van der Waals surface area contributed by atoms with Crippen LogP contribution in [0.3, 0.4) is 0 Å². The Balaban J connectivity index is 1.77. The Morgan fingerprint density at radius 2 is 1.81 bits per heavy atom. The molecule has 0 saturated heterocycles. The number of ketones is 1. The number of nitrogens with zero attached hydrogens (tertiary/aromatic N) is 1. The third kappa shape index (κ3) is 5.16. The van der Waals surface area contributed by atoms with Gasteiger partial charge in [0.2, 0.25) is 0 Å². The van der Waals surface area contributed by atoms with Gasteiger partial charge in [-0.05, 0) is 31.2 Å². The first-order valence-electron chi connectivity index (χ1n) is 9.00. The van der Waals surface area contributed by atoms with Gasteiger partial charge in [-0.2, -0.15) is 13.2 Å². The van der Waals surface area contributed by atoms with Crippen molar-refractivity contribution in [2.24, 2.45) is 0 Å². The molecule has 3 rings (SSSR count). The van der Waals surface area contributed by atoms with Crippen LogP contribution in [0.2, 0.25) is 0 Å². The molecular formula is C21H16F3N3O4. The van der Waals surface area contributed by atoms with E-state index >= 15 is 0 Å². The lowest BCUT2D eigenvalue weighted by Gasteiger charge is -2.15. The van der Waals surface area contributed by atoms with Crippen LogP contribution in [0.25, 0.3) is 10.9 Å².